The van der Waals surface area contributed by atoms with Crippen LogP contribution in [0.4, 0.5) is 11.8 Å². The van der Waals surface area contributed by atoms with Gasteiger partial charge in [-0.3, -0.25) is 4.79 Å². The van der Waals surface area contributed by atoms with E-state index in [1.807, 2.05) is 6.07 Å². The van der Waals surface area contributed by atoms with Gasteiger partial charge in [0.05, 0.1) is 38.4 Å². The van der Waals surface area contributed by atoms with E-state index < -0.39 is 29.1 Å². The first-order valence-corrected chi connectivity index (χ1v) is 13.9. The first-order valence-electron chi connectivity index (χ1n) is 13.5. The fraction of sp³-hybridized carbons (Fsp3) is 0.407. The molecular formula is C27H31ClN8O8. The zero-order chi connectivity index (χ0) is 31.5. The summed E-state index contributed by atoms with van der Waals surface area (Å²) >= 11 is 6.30. The average molecular weight is 631 g/mol. The molecule has 234 valence electrons. The molecule has 16 nitrogen and oxygen atoms in total. The highest BCUT2D eigenvalue weighted by Crippen LogP contribution is 2.29. The number of halogens is 1. The number of carbonyl (C=O) groups is 2. The largest absolute Gasteiger partial charge is 0.495 e. The second-order valence-corrected chi connectivity index (χ2v) is 9.78. The van der Waals surface area contributed by atoms with Gasteiger partial charge in [0.15, 0.2) is 6.10 Å². The van der Waals surface area contributed by atoms with Crippen LogP contribution in [-0.4, -0.2) is 83.0 Å². The maximum absolute atomic E-state index is 13.2. The van der Waals surface area contributed by atoms with Crippen LogP contribution in [0.1, 0.15) is 34.6 Å². The van der Waals surface area contributed by atoms with Gasteiger partial charge in [0.25, 0.3) is 11.0 Å². The molecule has 1 amide bonds. The van der Waals surface area contributed by atoms with Crippen molar-refractivity contribution in [2.45, 2.75) is 38.1 Å². The van der Waals surface area contributed by atoms with Crippen molar-refractivity contribution >= 4 is 35.2 Å². The summed E-state index contributed by atoms with van der Waals surface area (Å²) in [6.07, 6.45) is 4.67. The molecule has 3 aromatic rings. The van der Waals surface area contributed by atoms with Gasteiger partial charge in [0.2, 0.25) is 5.95 Å². The van der Waals surface area contributed by atoms with Gasteiger partial charge in [-0.15, -0.1) is 10.1 Å². The van der Waals surface area contributed by atoms with Gasteiger partial charge in [-0.2, -0.15) is 4.98 Å². The number of benzene rings is 1. The molecule has 0 aliphatic carbocycles. The highest BCUT2D eigenvalue weighted by Gasteiger charge is 2.39. The second kappa shape index (κ2) is 15.6. The Kier molecular flexibility index (Phi) is 11.4. The van der Waals surface area contributed by atoms with E-state index in [4.69, 9.17) is 25.8 Å². The topological polar surface area (TPSA) is 193 Å². The second-order valence-electron chi connectivity index (χ2n) is 9.38. The molecule has 44 heavy (non-hydrogen) atoms. The minimum atomic E-state index is -1.09. The molecule has 1 aliphatic rings. The van der Waals surface area contributed by atoms with E-state index in [1.54, 1.807) is 35.5 Å². The van der Waals surface area contributed by atoms with E-state index in [9.17, 15) is 19.7 Å². The molecule has 2 N–H and O–H groups in total. The maximum atomic E-state index is 13.2. The number of esters is 1. The molecular weight excluding hydrogens is 600 g/mol. The number of hydrogen-bond acceptors (Lipinski definition) is 14. The lowest BCUT2D eigenvalue weighted by Gasteiger charge is -2.30. The number of ether oxygens (including phenoxy) is 3. The van der Waals surface area contributed by atoms with Crippen LogP contribution < -0.4 is 20.3 Å². The summed E-state index contributed by atoms with van der Waals surface area (Å²) in [4.78, 5) is 59.8. The first kappa shape index (κ1) is 32.1. The highest BCUT2D eigenvalue weighted by atomic mass is 35.5. The summed E-state index contributed by atoms with van der Waals surface area (Å²) in [5, 5.41) is 16.0. The number of amides is 1. The lowest BCUT2D eigenvalue weighted by molar-refractivity contribution is -0.758. The number of nitrogens with zero attached hydrogens (tertiary/aromatic N) is 6. The summed E-state index contributed by atoms with van der Waals surface area (Å²) in [7, 11) is 2.75. The van der Waals surface area contributed by atoms with E-state index in [2.05, 4.69) is 35.4 Å². The van der Waals surface area contributed by atoms with E-state index >= 15 is 0 Å². The van der Waals surface area contributed by atoms with Gasteiger partial charge >= 0.3 is 5.97 Å². The van der Waals surface area contributed by atoms with Crippen LogP contribution in [0.25, 0.3) is 0 Å². The van der Waals surface area contributed by atoms with Crippen LogP contribution in [0.15, 0.2) is 42.9 Å². The lowest BCUT2D eigenvalue weighted by Crippen LogP contribution is -2.46. The number of methoxy groups -OCH3 is 2. The van der Waals surface area contributed by atoms with Crippen molar-refractivity contribution in [2.75, 3.05) is 44.2 Å². The normalized spacial score (nSPS) is 14.9. The number of carbonyl (C=O) groups excluding carboxylic acids is 2. The summed E-state index contributed by atoms with van der Waals surface area (Å²) in [6.45, 7) is 0.257. The minimum Gasteiger partial charge on any atom is -0.495 e. The maximum Gasteiger partial charge on any atom is 0.337 e. The molecule has 0 bridgehead atoms. The van der Waals surface area contributed by atoms with Crippen LogP contribution in [0.3, 0.4) is 0 Å². The monoisotopic (exact) mass is 630 g/mol. The van der Waals surface area contributed by atoms with Crippen LogP contribution >= 0.6 is 11.6 Å². The summed E-state index contributed by atoms with van der Waals surface area (Å²) in [6, 6.07) is 6.42. The molecule has 17 heteroatoms. The quantitative estimate of drug-likeness (QED) is 0.107. The molecule has 1 fully saturated rings. The number of rotatable bonds is 15. The molecule has 0 spiro atoms. The van der Waals surface area contributed by atoms with E-state index in [1.165, 1.54) is 20.4 Å². The molecule has 0 radical (unpaired) electrons. The Morgan fingerprint density at radius 3 is 2.68 bits per heavy atom. The van der Waals surface area contributed by atoms with Crippen molar-refractivity contribution in [3.63, 3.8) is 0 Å². The molecule has 1 aromatic carbocycles. The van der Waals surface area contributed by atoms with Gasteiger partial charge in [-0.25, -0.2) is 19.7 Å². The van der Waals surface area contributed by atoms with Crippen LogP contribution in [0.5, 0.6) is 5.75 Å². The Labute approximate surface area is 257 Å². The predicted octanol–water partition coefficient (Wildman–Crippen LogP) is 2.21. The Bertz CT molecular complexity index is 1450. The number of aromatic nitrogens is 4. The van der Waals surface area contributed by atoms with Crippen molar-refractivity contribution in [3.8, 4) is 5.75 Å². The SMILES string of the molecule is COC(=O)C(OCCO[N+](=O)[O-])[C@@H]1CCCN1c1ncc(C(=O)NCc2ncccn2)c(NCc2ccc(OC)c(Cl)c2)n1. The van der Waals surface area contributed by atoms with Crippen molar-refractivity contribution in [3.05, 3.63) is 74.9 Å². The van der Waals surface area contributed by atoms with E-state index in [0.717, 1.165) is 5.56 Å². The standard InChI is InChI=1S/C27H31ClN8O8/c1-41-21-7-6-17(13-19(21)28)14-31-24-18(25(37)32-16-22-29-8-4-9-30-22)15-33-27(34-24)35-10-3-5-20(35)23(26(38)42-2)43-11-12-44-36(39)40/h4,6-9,13,15,20,23H,3,5,10-12,14,16H2,1-2H3,(H,32,37)(H,31,33,34)/t20-,23?/m0/s1. The lowest BCUT2D eigenvalue weighted by atomic mass is 10.1. The van der Waals surface area contributed by atoms with Gasteiger partial charge < -0.3 is 34.6 Å². The number of nitrogens with one attached hydrogen (secondary N) is 2. The van der Waals surface area contributed by atoms with Gasteiger partial charge in [-0.05, 0) is 36.6 Å². The molecule has 3 heterocycles. The summed E-state index contributed by atoms with van der Waals surface area (Å²) in [5.74, 6) is 0.308. The highest BCUT2D eigenvalue weighted by molar-refractivity contribution is 6.32. The first-order chi connectivity index (χ1) is 21.3. The minimum absolute atomic E-state index is 0.0848. The van der Waals surface area contributed by atoms with Crippen molar-refractivity contribution in [1.29, 1.82) is 0 Å². The fourth-order valence-electron chi connectivity index (χ4n) is 4.59. The smallest absolute Gasteiger partial charge is 0.337 e. The Hall–Kier alpha value is -4.83. The predicted molar refractivity (Wildman–Crippen MR) is 156 cm³/mol. The molecule has 1 aliphatic heterocycles. The van der Waals surface area contributed by atoms with Crippen LogP contribution in [0, 0.1) is 10.1 Å². The Morgan fingerprint density at radius 2 is 1.98 bits per heavy atom. The molecule has 1 saturated heterocycles. The van der Waals surface area contributed by atoms with Crippen LogP contribution in [0.2, 0.25) is 5.02 Å². The molecule has 4 rings (SSSR count). The van der Waals surface area contributed by atoms with Crippen molar-refractivity contribution < 1.29 is 33.7 Å². The third kappa shape index (κ3) is 8.38. The average Bonchev–Trinajstić information content (AvgIpc) is 3.52. The van der Waals surface area contributed by atoms with E-state index in [0.29, 0.717) is 36.0 Å². The van der Waals surface area contributed by atoms with Gasteiger partial charge in [0, 0.05) is 31.7 Å². The third-order valence-corrected chi connectivity index (χ3v) is 6.94. The van der Waals surface area contributed by atoms with Gasteiger partial charge in [0.1, 0.15) is 29.6 Å². The van der Waals surface area contributed by atoms with Crippen molar-refractivity contribution in [2.24, 2.45) is 0 Å². The fourth-order valence-corrected chi connectivity index (χ4v) is 4.87. The van der Waals surface area contributed by atoms with Crippen LogP contribution in [-0.2, 0) is 32.2 Å². The summed E-state index contributed by atoms with van der Waals surface area (Å²) < 4.78 is 15.8. The molecule has 1 unspecified atom stereocenters. The number of hydrogen-bond donors (Lipinski definition) is 2. The zero-order valence-corrected chi connectivity index (χ0v) is 24.7. The van der Waals surface area contributed by atoms with E-state index in [-0.39, 0.29) is 43.6 Å². The van der Waals surface area contributed by atoms with Crippen molar-refractivity contribution in [1.82, 2.24) is 25.3 Å². The van der Waals surface area contributed by atoms with Gasteiger partial charge in [-0.1, -0.05) is 17.7 Å². The third-order valence-electron chi connectivity index (χ3n) is 6.64. The molecule has 0 saturated carbocycles. The molecule has 2 atom stereocenters. The zero-order valence-electron chi connectivity index (χ0n) is 24.0. The molecule has 2 aromatic heterocycles. The number of anilines is 2. The Balaban J connectivity index is 1.58. The Morgan fingerprint density at radius 1 is 1.18 bits per heavy atom. The summed E-state index contributed by atoms with van der Waals surface area (Å²) in [5.41, 5.74) is 0.966.